The van der Waals surface area contributed by atoms with E-state index in [1.807, 2.05) is 0 Å². The van der Waals surface area contributed by atoms with Crippen molar-refractivity contribution in [2.45, 2.75) is 125 Å². The molecule has 0 aliphatic heterocycles. The molecule has 0 aromatic rings. The van der Waals surface area contributed by atoms with Crippen LogP contribution >= 0.6 is 0 Å². The smallest absolute Gasteiger partial charge is 0.129 e. The third kappa shape index (κ3) is 26.6. The molecule has 23 heavy (non-hydrogen) atoms. The average Bonchev–Trinajstić information content (AvgIpc) is 2.51. The molecule has 0 atom stereocenters. The predicted octanol–water partition coefficient (Wildman–Crippen LogP) is 8.03. The first-order valence-corrected chi connectivity index (χ1v) is 10.2. The van der Waals surface area contributed by atoms with Crippen LogP contribution in [0, 0.1) is 0 Å². The highest BCUT2D eigenvalue weighted by Crippen LogP contribution is 2.10. The third-order valence-corrected chi connectivity index (χ3v) is 4.11. The Labute approximate surface area is 147 Å². The number of allylic oxidation sites excluding steroid dienone is 2. The van der Waals surface area contributed by atoms with Crippen LogP contribution in [-0.4, -0.2) is 5.78 Å². The molecule has 1 heteroatoms. The third-order valence-electron chi connectivity index (χ3n) is 4.11. The van der Waals surface area contributed by atoms with E-state index in [1.54, 1.807) is 12.5 Å². The molecule has 0 rings (SSSR count). The van der Waals surface area contributed by atoms with Gasteiger partial charge in [-0.15, -0.1) is 0 Å². The van der Waals surface area contributed by atoms with Gasteiger partial charge in [0.25, 0.3) is 0 Å². The van der Waals surface area contributed by atoms with Crippen molar-refractivity contribution < 1.29 is 4.79 Å². The molecule has 1 nitrogen and oxygen atoms in total. The number of hydrogen-bond acceptors (Lipinski definition) is 1. The van der Waals surface area contributed by atoms with E-state index in [-0.39, 0.29) is 0 Å². The Kier molecular flexibility index (Phi) is 23.0. The van der Waals surface area contributed by atoms with Gasteiger partial charge < -0.3 is 4.79 Å². The van der Waals surface area contributed by atoms with Crippen molar-refractivity contribution in [3.8, 4) is 0 Å². The molecule has 0 radical (unpaired) electrons. The fraction of sp³-hybridized carbons (Fsp3) is 0.864. The maximum atomic E-state index is 10.6. The predicted molar refractivity (Wildman–Crippen MR) is 106 cm³/mol. The molecular formula is C22H44O. The van der Waals surface area contributed by atoms with Crippen LogP contribution in [0.2, 0.25) is 0 Å². The number of unbranched alkanes of at least 4 members (excludes halogenated alkanes) is 9. The van der Waals surface area contributed by atoms with Crippen LogP contribution in [-0.2, 0) is 4.79 Å². The summed E-state index contributed by atoms with van der Waals surface area (Å²) in [6.07, 6.45) is 20.2. The van der Waals surface area contributed by atoms with Gasteiger partial charge in [0, 0.05) is 6.42 Å². The first-order chi connectivity index (χ1) is 11.1. The second kappa shape index (κ2) is 21.4. The summed E-state index contributed by atoms with van der Waals surface area (Å²) in [5, 5.41) is 0. The maximum Gasteiger partial charge on any atom is 0.129 e. The van der Waals surface area contributed by atoms with Gasteiger partial charge in [0.2, 0.25) is 0 Å². The van der Waals surface area contributed by atoms with Gasteiger partial charge in [-0.05, 0) is 39.5 Å². The van der Waals surface area contributed by atoms with Crippen molar-refractivity contribution >= 4 is 5.78 Å². The molecule has 0 aliphatic rings. The Morgan fingerprint density at radius 2 is 1.09 bits per heavy atom. The second-order valence-corrected chi connectivity index (χ2v) is 6.84. The van der Waals surface area contributed by atoms with Crippen LogP contribution in [0.5, 0.6) is 0 Å². The normalized spacial score (nSPS) is 11.1. The fourth-order valence-electron chi connectivity index (χ4n) is 2.61. The van der Waals surface area contributed by atoms with Gasteiger partial charge in [0.1, 0.15) is 5.78 Å². The summed E-state index contributed by atoms with van der Waals surface area (Å²) in [5.41, 5.74) is 1.57. The Bertz CT molecular complexity index is 265. The second-order valence-electron chi connectivity index (χ2n) is 6.84. The number of carbonyl (C=O) groups is 1. The summed E-state index contributed by atoms with van der Waals surface area (Å²) in [6, 6.07) is 0. The van der Waals surface area contributed by atoms with Crippen LogP contribution in [0.25, 0.3) is 0 Å². The lowest BCUT2D eigenvalue weighted by molar-refractivity contribution is -0.117. The molecule has 0 N–H and O–H groups in total. The molecule has 0 amide bonds. The summed E-state index contributed by atoms with van der Waals surface area (Å²) < 4.78 is 0. The lowest BCUT2D eigenvalue weighted by Gasteiger charge is -1.99. The van der Waals surface area contributed by atoms with Crippen molar-refractivity contribution in [1.82, 2.24) is 0 Å². The number of Topliss-reactive ketones (excluding diaryl/α,β-unsaturated/α-hetero) is 1. The molecule has 0 bridgehead atoms. The van der Waals surface area contributed by atoms with E-state index in [0.717, 1.165) is 12.8 Å². The highest BCUT2D eigenvalue weighted by molar-refractivity contribution is 5.75. The quantitative estimate of drug-likeness (QED) is 0.233. The molecule has 0 saturated carbocycles. The number of ketones is 1. The zero-order valence-corrected chi connectivity index (χ0v) is 16.9. The SMILES string of the molecule is CCC=C(C)CCCCCC.CCCCCCCCCC(C)=O. The highest BCUT2D eigenvalue weighted by atomic mass is 16.1. The van der Waals surface area contributed by atoms with E-state index < -0.39 is 0 Å². The molecule has 138 valence electrons. The van der Waals surface area contributed by atoms with Gasteiger partial charge in [-0.2, -0.15) is 0 Å². The largest absolute Gasteiger partial charge is 0.300 e. The summed E-state index contributed by atoms with van der Waals surface area (Å²) >= 11 is 0. The van der Waals surface area contributed by atoms with Crippen molar-refractivity contribution in [2.24, 2.45) is 0 Å². The summed E-state index contributed by atoms with van der Waals surface area (Å²) in [5.74, 6) is 0.337. The lowest BCUT2D eigenvalue weighted by Crippen LogP contribution is -1.89. The van der Waals surface area contributed by atoms with E-state index in [1.165, 1.54) is 77.0 Å². The minimum Gasteiger partial charge on any atom is -0.300 e. The van der Waals surface area contributed by atoms with Crippen LogP contribution in [0.4, 0.5) is 0 Å². The van der Waals surface area contributed by atoms with E-state index in [4.69, 9.17) is 0 Å². The standard InChI is InChI=1S/C11H22O.C11H22/c1-3-4-5-6-7-8-9-10-11(2)12;1-4-6-7-8-10-11(3)9-5-2/h3-10H2,1-2H3;9H,4-8,10H2,1-3H3. The van der Waals surface area contributed by atoms with Gasteiger partial charge in [-0.25, -0.2) is 0 Å². The van der Waals surface area contributed by atoms with Gasteiger partial charge in [0.05, 0.1) is 0 Å². The topological polar surface area (TPSA) is 17.1 Å². The number of carbonyl (C=O) groups excluding carboxylic acids is 1. The Morgan fingerprint density at radius 1 is 0.652 bits per heavy atom. The van der Waals surface area contributed by atoms with Gasteiger partial charge in [-0.3, -0.25) is 0 Å². The minimum atomic E-state index is 0.337. The first kappa shape index (κ1) is 24.7. The average molecular weight is 325 g/mol. The van der Waals surface area contributed by atoms with E-state index >= 15 is 0 Å². The van der Waals surface area contributed by atoms with Gasteiger partial charge >= 0.3 is 0 Å². The maximum absolute atomic E-state index is 10.6. The molecule has 0 aromatic carbocycles. The minimum absolute atomic E-state index is 0.337. The fourth-order valence-corrected chi connectivity index (χ4v) is 2.61. The molecule has 0 aliphatic carbocycles. The number of rotatable bonds is 14. The van der Waals surface area contributed by atoms with Crippen LogP contribution in [0.1, 0.15) is 125 Å². The monoisotopic (exact) mass is 324 g/mol. The summed E-state index contributed by atoms with van der Waals surface area (Å²) in [7, 11) is 0. The van der Waals surface area contributed by atoms with Gasteiger partial charge in [-0.1, -0.05) is 90.2 Å². The molecular weight excluding hydrogens is 280 g/mol. The van der Waals surface area contributed by atoms with Crippen LogP contribution in [0.15, 0.2) is 11.6 Å². The molecule has 0 saturated heterocycles. The summed E-state index contributed by atoms with van der Waals surface area (Å²) in [4.78, 5) is 10.6. The first-order valence-electron chi connectivity index (χ1n) is 10.2. The molecule has 0 aromatic heterocycles. The lowest BCUT2D eigenvalue weighted by atomic mass is 10.1. The van der Waals surface area contributed by atoms with Crippen molar-refractivity contribution in [3.05, 3.63) is 11.6 Å². The van der Waals surface area contributed by atoms with E-state index in [2.05, 4.69) is 33.8 Å². The molecule has 0 fully saturated rings. The highest BCUT2D eigenvalue weighted by Gasteiger charge is 1.93. The Balaban J connectivity index is 0. The molecule has 0 spiro atoms. The zero-order valence-electron chi connectivity index (χ0n) is 16.9. The van der Waals surface area contributed by atoms with Crippen LogP contribution in [0.3, 0.4) is 0 Å². The van der Waals surface area contributed by atoms with Crippen molar-refractivity contribution in [1.29, 1.82) is 0 Å². The zero-order chi connectivity index (χ0) is 17.8. The van der Waals surface area contributed by atoms with Crippen LogP contribution < -0.4 is 0 Å². The summed E-state index contributed by atoms with van der Waals surface area (Å²) in [6.45, 7) is 10.6. The van der Waals surface area contributed by atoms with Crippen molar-refractivity contribution in [2.75, 3.05) is 0 Å². The van der Waals surface area contributed by atoms with Crippen molar-refractivity contribution in [3.63, 3.8) is 0 Å². The van der Waals surface area contributed by atoms with Gasteiger partial charge in [0.15, 0.2) is 0 Å². The van der Waals surface area contributed by atoms with E-state index in [9.17, 15) is 4.79 Å². The van der Waals surface area contributed by atoms with E-state index in [0.29, 0.717) is 5.78 Å². The Morgan fingerprint density at radius 3 is 1.57 bits per heavy atom. The molecule has 0 heterocycles. The Hall–Kier alpha value is -0.590. The molecule has 0 unspecified atom stereocenters. The number of hydrogen-bond donors (Lipinski definition) is 0.